The van der Waals surface area contributed by atoms with Gasteiger partial charge in [-0.15, -0.1) is 34.4 Å². The maximum Gasteiger partial charge on any atom is 0.260 e. The molecule has 0 bridgehead atoms. The molecule has 0 aliphatic heterocycles. The van der Waals surface area contributed by atoms with Crippen LogP contribution in [0.2, 0.25) is 5.02 Å². The summed E-state index contributed by atoms with van der Waals surface area (Å²) in [5.41, 5.74) is 0.893. The van der Waals surface area contributed by atoms with Gasteiger partial charge in [-0.3, -0.25) is 4.79 Å². The number of fused-ring (bicyclic) bond motifs is 1. The van der Waals surface area contributed by atoms with Gasteiger partial charge < -0.3 is 10.3 Å². The molecule has 2 N–H and O–H groups in total. The highest BCUT2D eigenvalue weighted by atomic mass is 35.5. The summed E-state index contributed by atoms with van der Waals surface area (Å²) in [7, 11) is 0. The second-order valence-electron chi connectivity index (χ2n) is 6.24. The van der Waals surface area contributed by atoms with Crippen LogP contribution in [0.25, 0.3) is 20.7 Å². The number of thioether (sulfide) groups is 1. The maximum absolute atomic E-state index is 12.7. The Balaban J connectivity index is 1.42. The van der Waals surface area contributed by atoms with Crippen LogP contribution in [0.1, 0.15) is 18.8 Å². The Bertz CT molecular complexity index is 1120. The molecule has 0 saturated heterocycles. The first-order valence-electron chi connectivity index (χ1n) is 8.79. The van der Waals surface area contributed by atoms with E-state index >= 15 is 0 Å². The van der Waals surface area contributed by atoms with Crippen LogP contribution < -0.4 is 10.9 Å². The molecule has 4 aromatic rings. The van der Waals surface area contributed by atoms with E-state index in [0.717, 1.165) is 32.6 Å². The zero-order valence-electron chi connectivity index (χ0n) is 15.1. The molecular weight excluding hydrogens is 430 g/mol. The quantitative estimate of drug-likeness (QED) is 0.277. The van der Waals surface area contributed by atoms with Crippen molar-refractivity contribution >= 4 is 56.3 Å². The van der Waals surface area contributed by atoms with Crippen molar-refractivity contribution in [3.63, 3.8) is 0 Å². The molecule has 4 rings (SSSR count). The average Bonchev–Trinajstić information content (AvgIpc) is 3.36. The summed E-state index contributed by atoms with van der Waals surface area (Å²) in [5.74, 6) is 1.59. The van der Waals surface area contributed by atoms with E-state index in [1.54, 1.807) is 23.1 Å². The zero-order valence-corrected chi connectivity index (χ0v) is 18.3. The van der Waals surface area contributed by atoms with E-state index in [-0.39, 0.29) is 11.6 Å². The molecule has 0 aliphatic carbocycles. The summed E-state index contributed by atoms with van der Waals surface area (Å²) in [5, 5.41) is 8.90. The molecule has 0 spiro atoms. The number of aromatic nitrogens is 2. The molecule has 0 amide bonds. The van der Waals surface area contributed by atoms with Crippen molar-refractivity contribution in [1.29, 1.82) is 0 Å². The number of hydrogen-bond acceptors (Lipinski definition) is 6. The van der Waals surface area contributed by atoms with Gasteiger partial charge in [0.25, 0.3) is 5.56 Å². The molecule has 0 saturated carbocycles. The van der Waals surface area contributed by atoms with Gasteiger partial charge in [0, 0.05) is 38.0 Å². The minimum Gasteiger partial charge on any atom is -0.309 e. The lowest BCUT2D eigenvalue weighted by Crippen LogP contribution is -2.25. The van der Waals surface area contributed by atoms with Gasteiger partial charge in [-0.05, 0) is 42.6 Å². The van der Waals surface area contributed by atoms with Crippen molar-refractivity contribution in [2.75, 3.05) is 12.3 Å². The molecule has 8 heteroatoms. The van der Waals surface area contributed by atoms with Crippen LogP contribution in [-0.2, 0) is 0 Å². The lowest BCUT2D eigenvalue weighted by Gasteiger charge is -2.13. The van der Waals surface area contributed by atoms with Gasteiger partial charge >= 0.3 is 0 Å². The summed E-state index contributed by atoms with van der Waals surface area (Å²) < 4.78 is 0. The smallest absolute Gasteiger partial charge is 0.260 e. The molecule has 0 fully saturated rings. The minimum absolute atomic E-state index is 0.0322. The van der Waals surface area contributed by atoms with Crippen LogP contribution >= 0.6 is 46.0 Å². The van der Waals surface area contributed by atoms with Crippen molar-refractivity contribution in [3.05, 3.63) is 68.4 Å². The van der Waals surface area contributed by atoms with Gasteiger partial charge in [0.05, 0.1) is 11.4 Å². The van der Waals surface area contributed by atoms with Crippen molar-refractivity contribution in [2.45, 2.75) is 17.9 Å². The molecule has 0 unspecified atom stereocenters. The second kappa shape index (κ2) is 8.80. The van der Waals surface area contributed by atoms with E-state index in [0.29, 0.717) is 11.2 Å². The monoisotopic (exact) mass is 447 g/mol. The molecule has 0 radical (unpaired) electrons. The van der Waals surface area contributed by atoms with Gasteiger partial charge in [0.1, 0.15) is 10.7 Å². The fourth-order valence-corrected chi connectivity index (χ4v) is 5.54. The fraction of sp³-hybridized carbons (Fsp3) is 0.200. The molecule has 3 aromatic heterocycles. The van der Waals surface area contributed by atoms with Crippen LogP contribution in [0, 0.1) is 0 Å². The lowest BCUT2D eigenvalue weighted by atomic mass is 10.2. The topological polar surface area (TPSA) is 57.8 Å². The number of benzene rings is 1. The lowest BCUT2D eigenvalue weighted by molar-refractivity contribution is 0.570. The first-order chi connectivity index (χ1) is 13.6. The summed E-state index contributed by atoms with van der Waals surface area (Å²) in [6.07, 6.45) is 0. The molecule has 28 heavy (non-hydrogen) atoms. The largest absolute Gasteiger partial charge is 0.309 e. The molecule has 1 aromatic carbocycles. The number of halogens is 1. The maximum atomic E-state index is 12.7. The average molecular weight is 448 g/mol. The van der Waals surface area contributed by atoms with Gasteiger partial charge in [-0.25, -0.2) is 4.98 Å². The molecule has 3 heterocycles. The van der Waals surface area contributed by atoms with E-state index in [2.05, 4.69) is 10.3 Å². The third kappa shape index (κ3) is 4.34. The van der Waals surface area contributed by atoms with Crippen LogP contribution in [0.5, 0.6) is 0 Å². The van der Waals surface area contributed by atoms with Gasteiger partial charge in [0.2, 0.25) is 0 Å². The van der Waals surface area contributed by atoms with E-state index in [4.69, 9.17) is 16.6 Å². The summed E-state index contributed by atoms with van der Waals surface area (Å²) >= 11 is 10.8. The van der Waals surface area contributed by atoms with Crippen molar-refractivity contribution in [3.8, 4) is 10.4 Å². The summed E-state index contributed by atoms with van der Waals surface area (Å²) in [6.45, 7) is 2.83. The zero-order chi connectivity index (χ0) is 19.5. The fourth-order valence-electron chi connectivity index (χ4n) is 2.86. The highest BCUT2D eigenvalue weighted by molar-refractivity contribution is 7.99. The van der Waals surface area contributed by atoms with E-state index in [1.807, 2.05) is 54.1 Å². The molecule has 144 valence electrons. The molecular formula is C20H18ClN3OS3. The first kappa shape index (κ1) is 19.7. The number of rotatable bonds is 7. The highest BCUT2D eigenvalue weighted by Crippen LogP contribution is 2.33. The summed E-state index contributed by atoms with van der Waals surface area (Å²) in [6, 6.07) is 11.8. The highest BCUT2D eigenvalue weighted by Gasteiger charge is 2.16. The summed E-state index contributed by atoms with van der Waals surface area (Å²) in [4.78, 5) is 23.4. The third-order valence-corrected chi connectivity index (χ3v) is 7.34. The van der Waals surface area contributed by atoms with E-state index < -0.39 is 0 Å². The van der Waals surface area contributed by atoms with Crippen molar-refractivity contribution in [2.24, 2.45) is 0 Å². The second-order valence-corrected chi connectivity index (χ2v) is 9.65. The van der Waals surface area contributed by atoms with Gasteiger partial charge in [-0.1, -0.05) is 17.7 Å². The first-order valence-corrected chi connectivity index (χ1v) is 11.9. The van der Waals surface area contributed by atoms with Crippen molar-refractivity contribution in [1.82, 2.24) is 15.3 Å². The van der Waals surface area contributed by atoms with E-state index in [9.17, 15) is 4.79 Å². The number of nitrogens with zero attached hydrogens (tertiary/aromatic N) is 1. The Kier molecular flexibility index (Phi) is 6.18. The SMILES string of the molecule is C[C@@H](NCCSc1ccc(Cl)cc1)c1nc2scc(-c3cccs3)c2c(=O)[nH]1. The molecule has 0 aliphatic rings. The number of aromatic amines is 1. The predicted octanol–water partition coefficient (Wildman–Crippen LogP) is 5.81. The van der Waals surface area contributed by atoms with Crippen LogP contribution in [-0.4, -0.2) is 22.3 Å². The minimum atomic E-state index is -0.0751. The third-order valence-electron chi connectivity index (χ3n) is 4.29. The Morgan fingerprint density at radius 3 is 2.82 bits per heavy atom. The van der Waals surface area contributed by atoms with Gasteiger partial charge in [-0.2, -0.15) is 0 Å². The molecule has 1 atom stereocenters. The van der Waals surface area contributed by atoms with Crippen LogP contribution in [0.4, 0.5) is 0 Å². The Hall–Kier alpha value is -1.64. The predicted molar refractivity (Wildman–Crippen MR) is 122 cm³/mol. The molecule has 4 nitrogen and oxygen atoms in total. The van der Waals surface area contributed by atoms with Gasteiger partial charge in [0.15, 0.2) is 0 Å². The number of thiophene rings is 2. The van der Waals surface area contributed by atoms with Crippen LogP contribution in [0.3, 0.4) is 0 Å². The van der Waals surface area contributed by atoms with Crippen LogP contribution in [0.15, 0.2) is 56.8 Å². The Morgan fingerprint density at radius 1 is 1.25 bits per heavy atom. The van der Waals surface area contributed by atoms with Crippen molar-refractivity contribution < 1.29 is 0 Å². The number of nitrogens with one attached hydrogen (secondary N) is 2. The Morgan fingerprint density at radius 2 is 2.07 bits per heavy atom. The number of hydrogen-bond donors (Lipinski definition) is 2. The Labute approximate surface area is 180 Å². The normalized spacial score (nSPS) is 12.5. The van der Waals surface area contributed by atoms with E-state index in [1.165, 1.54) is 16.2 Å². The standard InChI is InChI=1S/C20H18ClN3OS3/c1-12(22-8-10-26-14-6-4-13(21)5-7-14)18-23-19(25)17-15(11-28-20(17)24-18)16-3-2-9-27-16/h2-7,9,11-12,22H,8,10H2,1H3,(H,23,24,25)/t12-/m1/s1. The number of H-pyrrole nitrogens is 1.